The number of rotatable bonds is 7. The van der Waals surface area contributed by atoms with E-state index in [1.54, 1.807) is 6.20 Å². The molecular weight excluding hydrogens is 1000 g/mol. The van der Waals surface area contributed by atoms with E-state index in [1.807, 2.05) is 53.8 Å². The Morgan fingerprint density at radius 1 is 0.545 bits per heavy atom. The molecule has 0 aliphatic rings. The normalized spacial score (nSPS) is 11.5. The topological polar surface area (TPSA) is 35.6 Å². The largest absolute Gasteiger partial charge is 0.349 e. The van der Waals surface area contributed by atoms with E-state index in [0.717, 1.165) is 39.4 Å². The Balaban J connectivity index is 0.000000342. The van der Waals surface area contributed by atoms with Crippen LogP contribution in [0.15, 0.2) is 194 Å². The maximum atomic E-state index is 5.50. The summed E-state index contributed by atoms with van der Waals surface area (Å²) in [6.45, 7) is 9.25. The fraction of sp³-hybridized carbons (Fsp3) is 0.100. The minimum atomic E-state index is 0. The number of fused-ring (bicyclic) bond motifs is 7. The van der Waals surface area contributed by atoms with Crippen LogP contribution in [0, 0.1) is 12.1 Å². The standard InChI is InChI=1S/C49H38N3S.C11H8N.Ir/c1-30(2)38-28-33(32-16-6-5-7-17-32)29-39(31(3)4)47(38)52-43-24-14-11-21-40(43)50-49(52)37-26-27-44(48-46(37)36-20-10-15-25-45(36)53-48)51-41-22-12-8-18-34(41)35-19-9-13-23-42(35)51;1-2-6-10(7-3-1)11-8-4-5-9-12-11;/h5-25,27-31H,1-4H3;1-6,8-9H;/q2*-1;. The minimum absolute atomic E-state index is 0. The zero-order valence-corrected chi connectivity index (χ0v) is 40.4. The third-order valence-corrected chi connectivity index (χ3v) is 13.6. The minimum Gasteiger partial charge on any atom is -0.349 e. The number of imidazole rings is 1. The van der Waals surface area contributed by atoms with Crippen molar-refractivity contribution < 1.29 is 20.1 Å². The van der Waals surface area contributed by atoms with Gasteiger partial charge in [0.2, 0.25) is 0 Å². The molecule has 4 aromatic heterocycles. The average molecular weight is 1050 g/mol. The summed E-state index contributed by atoms with van der Waals surface area (Å²) < 4.78 is 7.37. The molecule has 0 unspecified atom stereocenters. The van der Waals surface area contributed by atoms with Crippen molar-refractivity contribution in [2.75, 3.05) is 0 Å². The average Bonchev–Trinajstić information content (AvgIpc) is 4.05. The molecule has 0 atom stereocenters. The number of pyridine rings is 1. The first-order valence-electron chi connectivity index (χ1n) is 22.4. The van der Waals surface area contributed by atoms with Crippen molar-refractivity contribution in [2.24, 2.45) is 0 Å². The van der Waals surface area contributed by atoms with Crippen LogP contribution in [0.1, 0.15) is 50.7 Å². The Kier molecular flexibility index (Phi) is 11.8. The monoisotopic (exact) mass is 1050 g/mol. The predicted molar refractivity (Wildman–Crippen MR) is 275 cm³/mol. The summed E-state index contributed by atoms with van der Waals surface area (Å²) in [7, 11) is 0. The van der Waals surface area contributed by atoms with Crippen molar-refractivity contribution in [3.63, 3.8) is 0 Å². The van der Waals surface area contributed by atoms with E-state index in [9.17, 15) is 0 Å². The van der Waals surface area contributed by atoms with Crippen molar-refractivity contribution in [1.82, 2.24) is 19.1 Å². The second-order valence-corrected chi connectivity index (χ2v) is 18.2. The Bertz CT molecular complexity index is 3540. The van der Waals surface area contributed by atoms with E-state index in [-0.39, 0.29) is 31.9 Å². The number of hydrogen-bond donors (Lipinski definition) is 0. The molecule has 0 fully saturated rings. The molecule has 323 valence electrons. The Labute approximate surface area is 403 Å². The van der Waals surface area contributed by atoms with Gasteiger partial charge in [0.15, 0.2) is 0 Å². The third kappa shape index (κ3) is 7.55. The second-order valence-electron chi connectivity index (χ2n) is 17.2. The molecule has 0 spiro atoms. The van der Waals surface area contributed by atoms with Gasteiger partial charge in [0, 0.05) is 58.5 Å². The summed E-state index contributed by atoms with van der Waals surface area (Å²) in [5, 5.41) is 4.93. The van der Waals surface area contributed by atoms with Gasteiger partial charge in [0.1, 0.15) is 0 Å². The Hall–Kier alpha value is -6.95. The number of aromatic nitrogens is 4. The van der Waals surface area contributed by atoms with Crippen molar-refractivity contribution in [2.45, 2.75) is 39.5 Å². The molecule has 4 nitrogen and oxygen atoms in total. The Morgan fingerprint density at radius 3 is 1.80 bits per heavy atom. The molecular formula is C60H46IrN4S-2. The summed E-state index contributed by atoms with van der Waals surface area (Å²) >= 11 is 1.86. The molecule has 66 heavy (non-hydrogen) atoms. The van der Waals surface area contributed by atoms with Gasteiger partial charge in [-0.2, -0.15) is 11.3 Å². The van der Waals surface area contributed by atoms with Crippen LogP contribution >= 0.6 is 11.3 Å². The Morgan fingerprint density at radius 2 is 1.15 bits per heavy atom. The SMILES string of the molecule is CC(C)c1cc(-c2ccccc2)cc(C(C)C)c1-n1c(-c2[c-]cc(-n3c4ccccc4c4ccccc43)c3sc4ccccc4c23)nc2ccccc21.[Ir].[c-]1ccccc1-c1ccccn1. The molecule has 0 bridgehead atoms. The summed E-state index contributed by atoms with van der Waals surface area (Å²) in [4.78, 5) is 9.72. The van der Waals surface area contributed by atoms with Crippen LogP contribution in [-0.4, -0.2) is 19.1 Å². The van der Waals surface area contributed by atoms with Gasteiger partial charge in [0.05, 0.1) is 16.9 Å². The van der Waals surface area contributed by atoms with E-state index in [0.29, 0.717) is 0 Å². The van der Waals surface area contributed by atoms with Crippen LogP contribution in [0.25, 0.3) is 98.2 Å². The van der Waals surface area contributed by atoms with Gasteiger partial charge in [-0.1, -0.05) is 148 Å². The zero-order chi connectivity index (χ0) is 44.0. The first-order valence-corrected chi connectivity index (χ1v) is 23.2. The molecule has 12 rings (SSSR count). The smallest absolute Gasteiger partial charge is 0.0774 e. The fourth-order valence-electron chi connectivity index (χ4n) is 9.39. The van der Waals surface area contributed by atoms with Crippen LogP contribution in [0.5, 0.6) is 0 Å². The van der Waals surface area contributed by atoms with E-state index in [1.165, 1.54) is 69.9 Å². The van der Waals surface area contributed by atoms with Crippen LogP contribution in [0.3, 0.4) is 0 Å². The molecule has 4 heterocycles. The van der Waals surface area contributed by atoms with E-state index in [4.69, 9.17) is 4.98 Å². The van der Waals surface area contributed by atoms with Crippen molar-refractivity contribution >= 4 is 64.3 Å². The molecule has 0 saturated heterocycles. The van der Waals surface area contributed by atoms with E-state index < -0.39 is 0 Å². The van der Waals surface area contributed by atoms with Crippen LogP contribution in [0.2, 0.25) is 0 Å². The molecule has 6 heteroatoms. The number of para-hydroxylation sites is 4. The van der Waals surface area contributed by atoms with E-state index >= 15 is 0 Å². The summed E-state index contributed by atoms with van der Waals surface area (Å²) in [6.07, 6.45) is 1.79. The van der Waals surface area contributed by atoms with E-state index in [2.05, 4.69) is 200 Å². The second kappa shape index (κ2) is 18.1. The fourth-order valence-corrected chi connectivity index (χ4v) is 10.6. The third-order valence-electron chi connectivity index (χ3n) is 12.4. The summed E-state index contributed by atoms with van der Waals surface area (Å²) in [6, 6.07) is 73.4. The van der Waals surface area contributed by atoms with Gasteiger partial charge in [-0.15, -0.1) is 48.0 Å². The molecule has 0 aliphatic carbocycles. The molecule has 0 N–H and O–H groups in total. The predicted octanol–water partition coefficient (Wildman–Crippen LogP) is 16.4. The summed E-state index contributed by atoms with van der Waals surface area (Å²) in [5.74, 6) is 1.48. The van der Waals surface area contributed by atoms with Gasteiger partial charge < -0.3 is 14.1 Å². The molecule has 1 radical (unpaired) electrons. The first kappa shape index (κ1) is 43.0. The first-order chi connectivity index (χ1) is 31.9. The molecule has 8 aromatic carbocycles. The van der Waals surface area contributed by atoms with Gasteiger partial charge >= 0.3 is 0 Å². The molecule has 0 saturated carbocycles. The zero-order valence-electron chi connectivity index (χ0n) is 37.2. The molecule has 0 aliphatic heterocycles. The van der Waals surface area contributed by atoms with Gasteiger partial charge in [-0.3, -0.25) is 4.98 Å². The quantitative estimate of drug-likeness (QED) is 0.149. The van der Waals surface area contributed by atoms with Crippen molar-refractivity contribution in [3.8, 4) is 45.1 Å². The summed E-state index contributed by atoms with van der Waals surface area (Å²) in [5.41, 5.74) is 15.0. The van der Waals surface area contributed by atoms with Crippen LogP contribution in [0.4, 0.5) is 0 Å². The maximum Gasteiger partial charge on any atom is 0.0774 e. The number of benzene rings is 8. The number of nitrogens with zero attached hydrogens (tertiary/aromatic N) is 4. The van der Waals surface area contributed by atoms with Gasteiger partial charge in [-0.05, 0) is 104 Å². The molecule has 0 amide bonds. The number of thiophene rings is 1. The maximum absolute atomic E-state index is 5.50. The van der Waals surface area contributed by atoms with Gasteiger partial charge in [-0.25, -0.2) is 0 Å². The molecule has 12 aromatic rings. The van der Waals surface area contributed by atoms with Crippen LogP contribution in [-0.2, 0) is 20.1 Å². The number of hydrogen-bond acceptors (Lipinski definition) is 3. The van der Waals surface area contributed by atoms with Crippen molar-refractivity contribution in [1.29, 1.82) is 0 Å². The van der Waals surface area contributed by atoms with Crippen molar-refractivity contribution in [3.05, 3.63) is 218 Å². The van der Waals surface area contributed by atoms with Gasteiger partial charge in [0.25, 0.3) is 0 Å². The van der Waals surface area contributed by atoms with Crippen LogP contribution < -0.4 is 0 Å².